The maximum absolute atomic E-state index is 12.2. The lowest BCUT2D eigenvalue weighted by Gasteiger charge is -2.20. The van der Waals surface area contributed by atoms with Gasteiger partial charge in [0.25, 0.3) is 5.91 Å². The Kier molecular flexibility index (Phi) is 5.07. The Balaban J connectivity index is 2.01. The van der Waals surface area contributed by atoms with Crippen molar-refractivity contribution in [3.05, 3.63) is 29.3 Å². The van der Waals surface area contributed by atoms with Crippen LogP contribution in [0.5, 0.6) is 5.75 Å². The van der Waals surface area contributed by atoms with Crippen LogP contribution < -0.4 is 10.1 Å². The van der Waals surface area contributed by atoms with Gasteiger partial charge in [-0.25, -0.2) is 4.79 Å². The van der Waals surface area contributed by atoms with Crippen LogP contribution in [0.1, 0.15) is 26.2 Å². The largest absolute Gasteiger partial charge is 0.480 e. The smallest absolute Gasteiger partial charge is 0.326 e. The van der Waals surface area contributed by atoms with E-state index in [1.807, 2.05) is 0 Å². The fraction of sp³-hybridized carbons (Fsp3) is 0.467. The number of carbonyl (C=O) groups excluding carboxylic acids is 1. The van der Waals surface area contributed by atoms with E-state index in [1.165, 1.54) is 0 Å². The molecule has 2 rings (SSSR count). The zero-order valence-corrected chi connectivity index (χ0v) is 12.5. The quantitative estimate of drug-likeness (QED) is 0.811. The molecule has 0 heterocycles. The summed E-state index contributed by atoms with van der Waals surface area (Å²) in [5.41, 5.74) is 0. The zero-order chi connectivity index (χ0) is 15.4. The summed E-state index contributed by atoms with van der Waals surface area (Å²) in [4.78, 5) is 23.4. The van der Waals surface area contributed by atoms with Crippen molar-refractivity contribution in [1.82, 2.24) is 5.32 Å². The van der Waals surface area contributed by atoms with Crippen molar-refractivity contribution in [2.24, 2.45) is 5.92 Å². The minimum atomic E-state index is -1.00. The van der Waals surface area contributed by atoms with Gasteiger partial charge in [0, 0.05) is 0 Å². The Morgan fingerprint density at radius 1 is 1.43 bits per heavy atom. The molecule has 1 aromatic rings. The molecule has 1 amide bonds. The summed E-state index contributed by atoms with van der Waals surface area (Å²) in [6.45, 7) is 1.80. The van der Waals surface area contributed by atoms with E-state index in [9.17, 15) is 9.59 Å². The molecular formula is C15H18ClNO4. The van der Waals surface area contributed by atoms with Crippen LogP contribution >= 0.6 is 11.6 Å². The van der Waals surface area contributed by atoms with Crippen LogP contribution in [0.4, 0.5) is 0 Å². The Morgan fingerprint density at radius 2 is 2.10 bits per heavy atom. The first-order chi connectivity index (χ1) is 10.0. The van der Waals surface area contributed by atoms with Gasteiger partial charge in [-0.3, -0.25) is 4.79 Å². The van der Waals surface area contributed by atoms with Crippen LogP contribution in [0.2, 0.25) is 5.02 Å². The average Bonchev–Trinajstić information content (AvgIpc) is 3.27. The molecule has 1 aliphatic rings. The van der Waals surface area contributed by atoms with Gasteiger partial charge in [0.15, 0.2) is 6.10 Å². The summed E-state index contributed by atoms with van der Waals surface area (Å²) < 4.78 is 5.60. The SMILES string of the molecule is CCC(Oc1ccccc1Cl)C(=O)NC(C(=O)O)C1CC1. The Morgan fingerprint density at radius 3 is 2.62 bits per heavy atom. The molecule has 0 radical (unpaired) electrons. The fourth-order valence-corrected chi connectivity index (χ4v) is 2.25. The van der Waals surface area contributed by atoms with Crippen LogP contribution in [0.25, 0.3) is 0 Å². The number of aliphatic carboxylic acids is 1. The van der Waals surface area contributed by atoms with Crippen LogP contribution in [0, 0.1) is 5.92 Å². The van der Waals surface area contributed by atoms with Gasteiger partial charge < -0.3 is 15.2 Å². The molecule has 5 nitrogen and oxygen atoms in total. The van der Waals surface area contributed by atoms with E-state index in [0.29, 0.717) is 17.2 Å². The molecule has 0 saturated heterocycles. The Bertz CT molecular complexity index is 530. The lowest BCUT2D eigenvalue weighted by atomic mass is 10.1. The van der Waals surface area contributed by atoms with E-state index in [0.717, 1.165) is 12.8 Å². The molecule has 2 atom stereocenters. The summed E-state index contributed by atoms with van der Waals surface area (Å²) in [5.74, 6) is -0.973. The van der Waals surface area contributed by atoms with Crippen molar-refractivity contribution < 1.29 is 19.4 Å². The molecular weight excluding hydrogens is 294 g/mol. The van der Waals surface area contributed by atoms with Crippen molar-refractivity contribution in [2.75, 3.05) is 0 Å². The number of nitrogens with one attached hydrogen (secondary N) is 1. The van der Waals surface area contributed by atoms with Crippen LogP contribution in [-0.4, -0.2) is 29.1 Å². The van der Waals surface area contributed by atoms with Crippen molar-refractivity contribution in [3.8, 4) is 5.75 Å². The lowest BCUT2D eigenvalue weighted by Crippen LogP contribution is -2.48. The minimum absolute atomic E-state index is 0.0317. The summed E-state index contributed by atoms with van der Waals surface area (Å²) in [6, 6.07) is 6.04. The topological polar surface area (TPSA) is 75.6 Å². The first kappa shape index (κ1) is 15.6. The van der Waals surface area contributed by atoms with Crippen LogP contribution in [-0.2, 0) is 9.59 Å². The second-order valence-corrected chi connectivity index (χ2v) is 5.51. The minimum Gasteiger partial charge on any atom is -0.480 e. The van der Waals surface area contributed by atoms with Gasteiger partial charge in [0.2, 0.25) is 0 Å². The fourth-order valence-electron chi connectivity index (χ4n) is 2.07. The highest BCUT2D eigenvalue weighted by atomic mass is 35.5. The normalized spacial score (nSPS) is 16.9. The standard InChI is InChI=1S/C15H18ClNO4/c1-2-11(21-12-6-4-3-5-10(12)16)14(18)17-13(15(19)20)9-7-8-9/h3-6,9,11,13H,2,7-8H2,1H3,(H,17,18)(H,19,20). The molecule has 21 heavy (non-hydrogen) atoms. The molecule has 0 spiro atoms. The van der Waals surface area contributed by atoms with Gasteiger partial charge in [0.1, 0.15) is 11.8 Å². The highest BCUT2D eigenvalue weighted by Crippen LogP contribution is 2.33. The number of carbonyl (C=O) groups is 2. The molecule has 0 bridgehead atoms. The molecule has 1 saturated carbocycles. The van der Waals surface area contributed by atoms with E-state index in [1.54, 1.807) is 31.2 Å². The Labute approximate surface area is 128 Å². The molecule has 0 aromatic heterocycles. The maximum Gasteiger partial charge on any atom is 0.326 e. The van der Waals surface area contributed by atoms with Gasteiger partial charge in [0.05, 0.1) is 5.02 Å². The van der Waals surface area contributed by atoms with E-state index < -0.39 is 24.0 Å². The van der Waals surface area contributed by atoms with E-state index in [2.05, 4.69) is 5.32 Å². The number of amides is 1. The average molecular weight is 312 g/mol. The number of carboxylic acid groups (broad SMARTS) is 1. The van der Waals surface area contributed by atoms with E-state index in [-0.39, 0.29) is 5.92 Å². The van der Waals surface area contributed by atoms with Gasteiger partial charge in [-0.15, -0.1) is 0 Å². The first-order valence-electron chi connectivity index (χ1n) is 6.97. The van der Waals surface area contributed by atoms with Gasteiger partial charge >= 0.3 is 5.97 Å². The van der Waals surface area contributed by atoms with Crippen molar-refractivity contribution >= 4 is 23.5 Å². The van der Waals surface area contributed by atoms with Crippen molar-refractivity contribution in [3.63, 3.8) is 0 Å². The zero-order valence-electron chi connectivity index (χ0n) is 11.7. The first-order valence-corrected chi connectivity index (χ1v) is 7.35. The molecule has 1 aromatic carbocycles. The third-order valence-electron chi connectivity index (χ3n) is 3.43. The number of benzene rings is 1. The second kappa shape index (κ2) is 6.80. The van der Waals surface area contributed by atoms with Crippen molar-refractivity contribution in [1.29, 1.82) is 0 Å². The number of ether oxygens (including phenoxy) is 1. The lowest BCUT2D eigenvalue weighted by molar-refractivity contribution is -0.143. The van der Waals surface area contributed by atoms with E-state index in [4.69, 9.17) is 21.4 Å². The van der Waals surface area contributed by atoms with Crippen molar-refractivity contribution in [2.45, 2.75) is 38.3 Å². The van der Waals surface area contributed by atoms with Crippen LogP contribution in [0.15, 0.2) is 24.3 Å². The highest BCUT2D eigenvalue weighted by molar-refractivity contribution is 6.32. The number of halogens is 1. The van der Waals surface area contributed by atoms with Gasteiger partial charge in [-0.05, 0) is 37.3 Å². The maximum atomic E-state index is 12.2. The highest BCUT2D eigenvalue weighted by Gasteiger charge is 2.38. The van der Waals surface area contributed by atoms with Gasteiger partial charge in [-0.2, -0.15) is 0 Å². The molecule has 0 aliphatic heterocycles. The summed E-state index contributed by atoms with van der Waals surface area (Å²) >= 11 is 6.00. The summed E-state index contributed by atoms with van der Waals surface area (Å²) in [7, 11) is 0. The number of para-hydroxylation sites is 1. The number of carboxylic acids is 1. The van der Waals surface area contributed by atoms with E-state index >= 15 is 0 Å². The summed E-state index contributed by atoms with van der Waals surface area (Å²) in [6.07, 6.45) is 1.33. The predicted octanol–water partition coefficient (Wildman–Crippen LogP) is 2.48. The predicted molar refractivity (Wildman–Crippen MR) is 78.4 cm³/mol. The number of hydrogen-bond donors (Lipinski definition) is 2. The molecule has 114 valence electrons. The number of rotatable bonds is 7. The molecule has 6 heteroatoms. The Hall–Kier alpha value is -1.75. The number of hydrogen-bond acceptors (Lipinski definition) is 3. The molecule has 1 fully saturated rings. The second-order valence-electron chi connectivity index (χ2n) is 5.11. The molecule has 2 unspecified atom stereocenters. The third kappa shape index (κ3) is 4.11. The monoisotopic (exact) mass is 311 g/mol. The van der Waals surface area contributed by atoms with Gasteiger partial charge in [-0.1, -0.05) is 30.7 Å². The summed E-state index contributed by atoms with van der Waals surface area (Å²) in [5, 5.41) is 12.1. The molecule has 2 N–H and O–H groups in total. The third-order valence-corrected chi connectivity index (χ3v) is 3.74. The van der Waals surface area contributed by atoms with Crippen LogP contribution in [0.3, 0.4) is 0 Å². The molecule has 1 aliphatic carbocycles.